The van der Waals surface area contributed by atoms with Crippen LogP contribution in [0.3, 0.4) is 0 Å². The highest BCUT2D eigenvalue weighted by Crippen LogP contribution is 2.39. The van der Waals surface area contributed by atoms with Crippen LogP contribution in [0, 0.1) is 0 Å². The molecule has 1 aromatic heterocycles. The zero-order valence-electron chi connectivity index (χ0n) is 10.2. The van der Waals surface area contributed by atoms with E-state index in [1.807, 2.05) is 0 Å². The van der Waals surface area contributed by atoms with Gasteiger partial charge in [0, 0.05) is 5.56 Å². The molecule has 0 atom stereocenters. The smallest absolute Gasteiger partial charge is 0.356 e. The number of carboxylic acids is 1. The predicted octanol–water partition coefficient (Wildman–Crippen LogP) is 4.42. The highest BCUT2D eigenvalue weighted by Gasteiger charge is 2.17. The summed E-state index contributed by atoms with van der Waals surface area (Å²) in [4.78, 5) is 15.0. The van der Waals surface area contributed by atoms with Crippen molar-refractivity contribution in [3.63, 3.8) is 0 Å². The number of halogens is 3. The van der Waals surface area contributed by atoms with Crippen LogP contribution in [0.15, 0.2) is 24.3 Å². The fraction of sp³-hybridized carbons (Fsp3) is 0.0769. The van der Waals surface area contributed by atoms with Gasteiger partial charge in [0.2, 0.25) is 0 Å². The molecule has 0 aliphatic carbocycles. The van der Waals surface area contributed by atoms with Gasteiger partial charge >= 0.3 is 5.97 Å². The first-order valence-corrected chi connectivity index (χ1v) is 6.51. The van der Waals surface area contributed by atoms with Gasteiger partial charge in [0.1, 0.15) is 0 Å². The maximum absolute atomic E-state index is 11.0. The zero-order chi connectivity index (χ0) is 14.9. The molecular weight excluding hydrogens is 325 g/mol. The van der Waals surface area contributed by atoms with Crippen LogP contribution >= 0.6 is 34.8 Å². The Morgan fingerprint density at radius 3 is 2.40 bits per heavy atom. The van der Waals surface area contributed by atoms with Crippen molar-refractivity contribution in [2.75, 3.05) is 7.11 Å². The monoisotopic (exact) mass is 331 g/mol. The lowest BCUT2D eigenvalue weighted by Crippen LogP contribution is -2.02. The first-order chi connectivity index (χ1) is 9.45. The number of ether oxygens (including phenoxy) is 1. The Bertz CT molecular complexity index is 689. The molecule has 0 saturated carbocycles. The van der Waals surface area contributed by atoms with E-state index in [4.69, 9.17) is 44.6 Å². The maximum atomic E-state index is 11.0. The van der Waals surface area contributed by atoms with E-state index in [0.29, 0.717) is 22.0 Å². The van der Waals surface area contributed by atoms with Gasteiger partial charge in [0.25, 0.3) is 0 Å². The molecule has 2 aromatic rings. The van der Waals surface area contributed by atoms with Gasteiger partial charge in [-0.25, -0.2) is 9.78 Å². The molecule has 0 unspecified atom stereocenters. The van der Waals surface area contributed by atoms with Crippen LogP contribution in [0.2, 0.25) is 15.1 Å². The van der Waals surface area contributed by atoms with E-state index in [1.165, 1.54) is 13.2 Å². The zero-order valence-corrected chi connectivity index (χ0v) is 12.4. The van der Waals surface area contributed by atoms with Gasteiger partial charge in [-0.05, 0) is 24.3 Å². The lowest BCUT2D eigenvalue weighted by Gasteiger charge is -2.10. The lowest BCUT2D eigenvalue weighted by atomic mass is 10.1. The third kappa shape index (κ3) is 2.68. The van der Waals surface area contributed by atoms with E-state index < -0.39 is 5.97 Å². The number of nitrogens with zero attached hydrogens (tertiary/aromatic N) is 1. The normalized spacial score (nSPS) is 10.4. The summed E-state index contributed by atoms with van der Waals surface area (Å²) in [5.74, 6) is -0.909. The Kier molecular flexibility index (Phi) is 4.38. The van der Waals surface area contributed by atoms with Gasteiger partial charge in [-0.3, -0.25) is 0 Å². The number of hydrogen-bond donors (Lipinski definition) is 1. The molecule has 0 amide bonds. The number of aromatic carboxylic acids is 1. The molecule has 104 valence electrons. The summed E-state index contributed by atoms with van der Waals surface area (Å²) in [5, 5.41) is 9.69. The highest BCUT2D eigenvalue weighted by molar-refractivity contribution is 6.39. The standard InChI is InChI=1S/C13H8Cl3NO3/c1-20-12-8(15)3-2-6(10(12)16)9-5-4-7(14)11(17-9)13(18)19/h2-5H,1H3,(H,18,19). The van der Waals surface area contributed by atoms with Crippen LogP contribution in [-0.4, -0.2) is 23.2 Å². The summed E-state index contributed by atoms with van der Waals surface area (Å²) < 4.78 is 5.11. The molecular formula is C13H8Cl3NO3. The van der Waals surface area contributed by atoms with Crippen molar-refractivity contribution < 1.29 is 14.6 Å². The van der Waals surface area contributed by atoms with Crippen LogP contribution in [0.25, 0.3) is 11.3 Å². The summed E-state index contributed by atoms with van der Waals surface area (Å²) in [5.41, 5.74) is 0.632. The third-order valence-corrected chi connectivity index (χ3v) is 3.56. The van der Waals surface area contributed by atoms with Crippen molar-refractivity contribution >= 4 is 40.8 Å². The Morgan fingerprint density at radius 2 is 1.80 bits per heavy atom. The summed E-state index contributed by atoms with van der Waals surface area (Å²) in [6, 6.07) is 6.25. The number of methoxy groups -OCH3 is 1. The molecule has 0 fully saturated rings. The van der Waals surface area contributed by atoms with E-state index in [9.17, 15) is 4.79 Å². The molecule has 0 radical (unpaired) electrons. The largest absolute Gasteiger partial charge is 0.494 e. The van der Waals surface area contributed by atoms with Crippen LogP contribution < -0.4 is 4.74 Å². The van der Waals surface area contributed by atoms with Crippen molar-refractivity contribution in [3.8, 4) is 17.0 Å². The van der Waals surface area contributed by atoms with Gasteiger partial charge in [-0.2, -0.15) is 0 Å². The van der Waals surface area contributed by atoms with Crippen molar-refractivity contribution in [1.29, 1.82) is 0 Å². The first-order valence-electron chi connectivity index (χ1n) is 5.38. The maximum Gasteiger partial charge on any atom is 0.356 e. The average molecular weight is 333 g/mol. The van der Waals surface area contributed by atoms with Crippen LogP contribution in [0.5, 0.6) is 5.75 Å². The van der Waals surface area contributed by atoms with E-state index in [1.54, 1.807) is 18.2 Å². The molecule has 0 saturated heterocycles. The fourth-order valence-electron chi connectivity index (χ4n) is 1.66. The molecule has 0 spiro atoms. The van der Waals surface area contributed by atoms with E-state index in [0.717, 1.165) is 0 Å². The van der Waals surface area contributed by atoms with Crippen LogP contribution in [-0.2, 0) is 0 Å². The second-order valence-corrected chi connectivity index (χ2v) is 4.97. The summed E-state index contributed by atoms with van der Waals surface area (Å²) >= 11 is 17.9. The fourth-order valence-corrected chi connectivity index (χ4v) is 2.47. The summed E-state index contributed by atoms with van der Waals surface area (Å²) in [7, 11) is 1.44. The minimum Gasteiger partial charge on any atom is -0.494 e. The number of benzene rings is 1. The van der Waals surface area contributed by atoms with Crippen molar-refractivity contribution in [3.05, 3.63) is 45.0 Å². The second-order valence-electron chi connectivity index (χ2n) is 3.77. The third-order valence-electron chi connectivity index (χ3n) is 2.58. The molecule has 1 N–H and O–H groups in total. The van der Waals surface area contributed by atoms with Gasteiger partial charge in [-0.15, -0.1) is 0 Å². The highest BCUT2D eigenvalue weighted by atomic mass is 35.5. The number of carbonyl (C=O) groups is 1. The molecule has 0 aliphatic rings. The Balaban J connectivity index is 2.63. The number of pyridine rings is 1. The molecule has 4 nitrogen and oxygen atoms in total. The van der Waals surface area contributed by atoms with Gasteiger partial charge in [0.15, 0.2) is 11.4 Å². The number of rotatable bonds is 3. The predicted molar refractivity (Wildman–Crippen MR) is 78.2 cm³/mol. The number of carboxylic acid groups (broad SMARTS) is 1. The van der Waals surface area contributed by atoms with Crippen molar-refractivity contribution in [2.45, 2.75) is 0 Å². The lowest BCUT2D eigenvalue weighted by molar-refractivity contribution is 0.0691. The quantitative estimate of drug-likeness (QED) is 0.904. The molecule has 0 aliphatic heterocycles. The minimum atomic E-state index is -1.21. The van der Waals surface area contributed by atoms with Gasteiger partial charge in [0.05, 0.1) is 27.9 Å². The molecule has 20 heavy (non-hydrogen) atoms. The van der Waals surface area contributed by atoms with E-state index >= 15 is 0 Å². The van der Waals surface area contributed by atoms with E-state index in [2.05, 4.69) is 4.98 Å². The van der Waals surface area contributed by atoms with Crippen molar-refractivity contribution in [1.82, 2.24) is 4.98 Å². The topological polar surface area (TPSA) is 59.4 Å². The Morgan fingerprint density at radius 1 is 1.15 bits per heavy atom. The Hall–Kier alpha value is -1.49. The van der Waals surface area contributed by atoms with E-state index in [-0.39, 0.29) is 15.7 Å². The van der Waals surface area contributed by atoms with Crippen molar-refractivity contribution in [2.24, 2.45) is 0 Å². The minimum absolute atomic E-state index is 0.0540. The SMILES string of the molecule is COc1c(Cl)ccc(-c2ccc(Cl)c(C(=O)O)n2)c1Cl. The summed E-state index contributed by atoms with van der Waals surface area (Å²) in [6.45, 7) is 0. The second kappa shape index (κ2) is 5.87. The van der Waals surface area contributed by atoms with Crippen LogP contribution in [0.4, 0.5) is 0 Å². The first kappa shape index (κ1) is 14.9. The van der Waals surface area contributed by atoms with Crippen LogP contribution in [0.1, 0.15) is 10.5 Å². The van der Waals surface area contributed by atoms with Gasteiger partial charge in [-0.1, -0.05) is 34.8 Å². The number of aromatic nitrogens is 1. The molecule has 1 heterocycles. The molecule has 0 bridgehead atoms. The average Bonchev–Trinajstić information content (AvgIpc) is 2.40. The number of hydrogen-bond acceptors (Lipinski definition) is 3. The molecule has 2 rings (SSSR count). The summed E-state index contributed by atoms with van der Waals surface area (Å²) in [6.07, 6.45) is 0. The van der Waals surface area contributed by atoms with Gasteiger partial charge < -0.3 is 9.84 Å². The Labute approximate surface area is 129 Å². The molecule has 1 aromatic carbocycles. The molecule has 7 heteroatoms.